The van der Waals surface area contributed by atoms with Crippen molar-refractivity contribution in [2.75, 3.05) is 24.5 Å². The molecule has 3 aromatic rings. The van der Waals surface area contributed by atoms with Crippen molar-refractivity contribution in [2.24, 2.45) is 5.92 Å². The summed E-state index contributed by atoms with van der Waals surface area (Å²) in [4.78, 5) is 37.6. The number of H-pyrrole nitrogens is 1. The highest BCUT2D eigenvalue weighted by atomic mass is 16.2. The fourth-order valence-corrected chi connectivity index (χ4v) is 4.89. The third kappa shape index (κ3) is 4.78. The smallest absolute Gasteiger partial charge is 0.227 e. The molecule has 7 heteroatoms. The molecule has 2 amide bonds. The molecule has 2 fully saturated rings. The third-order valence-electron chi connectivity index (χ3n) is 6.90. The van der Waals surface area contributed by atoms with Gasteiger partial charge in [-0.2, -0.15) is 0 Å². The van der Waals surface area contributed by atoms with E-state index in [-0.39, 0.29) is 30.2 Å². The predicted molar refractivity (Wildman–Crippen MR) is 129 cm³/mol. The number of amides is 2. The van der Waals surface area contributed by atoms with Crippen LogP contribution in [-0.4, -0.2) is 52.4 Å². The summed E-state index contributed by atoms with van der Waals surface area (Å²) in [6.07, 6.45) is 3.08. The molecular formula is C26H31N5O2. The molecule has 0 radical (unpaired) electrons. The number of benzene rings is 2. The molecular weight excluding hydrogens is 414 g/mol. The second-order valence-corrected chi connectivity index (χ2v) is 9.19. The second-order valence-electron chi connectivity index (χ2n) is 9.19. The molecule has 2 saturated heterocycles. The maximum absolute atomic E-state index is 12.9. The van der Waals surface area contributed by atoms with Gasteiger partial charge in [0.15, 0.2) is 0 Å². The molecule has 3 heterocycles. The molecule has 2 aliphatic heterocycles. The zero-order valence-electron chi connectivity index (χ0n) is 19.1. The lowest BCUT2D eigenvalue weighted by Gasteiger charge is -2.32. The number of carbonyl (C=O) groups is 2. The summed E-state index contributed by atoms with van der Waals surface area (Å²) in [5, 5.41) is 3.21. The highest BCUT2D eigenvalue weighted by Gasteiger charge is 2.36. The van der Waals surface area contributed by atoms with Crippen LogP contribution in [-0.2, 0) is 22.6 Å². The van der Waals surface area contributed by atoms with E-state index < -0.39 is 0 Å². The van der Waals surface area contributed by atoms with E-state index in [1.165, 1.54) is 5.56 Å². The Hall–Kier alpha value is -3.19. The summed E-state index contributed by atoms with van der Waals surface area (Å²) in [5.41, 5.74) is 4.19. The van der Waals surface area contributed by atoms with Gasteiger partial charge in [-0.05, 0) is 49.1 Å². The van der Waals surface area contributed by atoms with E-state index in [1.807, 2.05) is 36.4 Å². The third-order valence-corrected chi connectivity index (χ3v) is 6.90. The van der Waals surface area contributed by atoms with Gasteiger partial charge in [-0.15, -0.1) is 0 Å². The number of anilines is 1. The molecule has 5 rings (SSSR count). The standard InChI is InChI=1S/C26H31N5O2/c1-2-18-7-9-21(10-8-18)31-16-19(15-25(31)32)26(33)27-20-11-13-30(14-12-20)17-24-28-22-5-3-4-6-23(22)29-24/h3-10,19-20H,2,11-17H2,1H3,(H,27,33)(H,28,29). The molecule has 2 N–H and O–H groups in total. The van der Waals surface area contributed by atoms with Gasteiger partial charge in [0.1, 0.15) is 5.82 Å². The number of aryl methyl sites for hydroxylation is 1. The zero-order valence-corrected chi connectivity index (χ0v) is 19.1. The van der Waals surface area contributed by atoms with Gasteiger partial charge < -0.3 is 15.2 Å². The summed E-state index contributed by atoms with van der Waals surface area (Å²) in [6.45, 7) is 5.20. The van der Waals surface area contributed by atoms with Gasteiger partial charge in [0.25, 0.3) is 0 Å². The quantitative estimate of drug-likeness (QED) is 0.610. The number of carbonyl (C=O) groups excluding carboxylic acids is 2. The Bertz CT molecular complexity index is 1100. The Balaban J connectivity index is 1.11. The van der Waals surface area contributed by atoms with Crippen molar-refractivity contribution in [2.45, 2.75) is 45.2 Å². The van der Waals surface area contributed by atoms with Crippen LogP contribution in [0.3, 0.4) is 0 Å². The lowest BCUT2D eigenvalue weighted by molar-refractivity contribution is -0.127. The predicted octanol–water partition coefficient (Wildman–Crippen LogP) is 3.26. The summed E-state index contributed by atoms with van der Waals surface area (Å²) >= 11 is 0. The topological polar surface area (TPSA) is 81.3 Å². The minimum absolute atomic E-state index is 0.00626. The van der Waals surface area contributed by atoms with Crippen LogP contribution in [0, 0.1) is 5.92 Å². The average Bonchev–Trinajstić information content (AvgIpc) is 3.43. The number of fused-ring (bicyclic) bond motifs is 1. The number of hydrogen-bond acceptors (Lipinski definition) is 4. The van der Waals surface area contributed by atoms with Crippen LogP contribution < -0.4 is 10.2 Å². The number of piperidine rings is 1. The lowest BCUT2D eigenvalue weighted by Crippen LogP contribution is -2.46. The molecule has 1 unspecified atom stereocenters. The van der Waals surface area contributed by atoms with Gasteiger partial charge in [0, 0.05) is 37.8 Å². The van der Waals surface area contributed by atoms with Gasteiger partial charge in [0.2, 0.25) is 11.8 Å². The molecule has 0 bridgehead atoms. The number of aromatic nitrogens is 2. The molecule has 7 nitrogen and oxygen atoms in total. The van der Waals surface area contributed by atoms with Crippen LogP contribution in [0.5, 0.6) is 0 Å². The van der Waals surface area contributed by atoms with Gasteiger partial charge in [-0.1, -0.05) is 31.2 Å². The first-order valence-electron chi connectivity index (χ1n) is 11.9. The molecule has 0 aliphatic carbocycles. The Labute approximate surface area is 194 Å². The minimum Gasteiger partial charge on any atom is -0.353 e. The van der Waals surface area contributed by atoms with E-state index in [1.54, 1.807) is 4.90 Å². The average molecular weight is 446 g/mol. The van der Waals surface area contributed by atoms with Crippen LogP contribution in [0.4, 0.5) is 5.69 Å². The molecule has 1 aromatic heterocycles. The molecule has 1 atom stereocenters. The molecule has 2 aromatic carbocycles. The van der Waals surface area contributed by atoms with Gasteiger partial charge in [0.05, 0.1) is 23.5 Å². The fraction of sp³-hybridized carbons (Fsp3) is 0.423. The van der Waals surface area contributed by atoms with E-state index in [9.17, 15) is 9.59 Å². The monoisotopic (exact) mass is 445 g/mol. The fourth-order valence-electron chi connectivity index (χ4n) is 4.89. The van der Waals surface area contributed by atoms with Crippen molar-refractivity contribution in [3.8, 4) is 0 Å². The number of imidazole rings is 1. The Kier molecular flexibility index (Phi) is 6.13. The van der Waals surface area contributed by atoms with Gasteiger partial charge in [-0.25, -0.2) is 4.98 Å². The maximum atomic E-state index is 12.9. The number of aromatic amines is 1. The molecule has 172 valence electrons. The van der Waals surface area contributed by atoms with Crippen molar-refractivity contribution in [3.63, 3.8) is 0 Å². The Morgan fingerprint density at radius 1 is 1.12 bits per heavy atom. The van der Waals surface area contributed by atoms with Crippen molar-refractivity contribution < 1.29 is 9.59 Å². The largest absolute Gasteiger partial charge is 0.353 e. The number of nitrogens with zero attached hydrogens (tertiary/aromatic N) is 3. The summed E-state index contributed by atoms with van der Waals surface area (Å²) < 4.78 is 0. The SMILES string of the molecule is CCc1ccc(N2CC(C(=O)NC3CCN(Cc4nc5ccccc5[nH]4)CC3)CC2=O)cc1. The molecule has 0 spiro atoms. The van der Waals surface area contributed by atoms with E-state index in [0.29, 0.717) is 6.54 Å². The van der Waals surface area contributed by atoms with E-state index in [0.717, 1.165) is 61.4 Å². The van der Waals surface area contributed by atoms with E-state index in [4.69, 9.17) is 0 Å². The molecule has 0 saturated carbocycles. The highest BCUT2D eigenvalue weighted by molar-refractivity contribution is 6.00. The van der Waals surface area contributed by atoms with E-state index in [2.05, 4.69) is 39.2 Å². The number of nitrogens with one attached hydrogen (secondary N) is 2. The molecule has 33 heavy (non-hydrogen) atoms. The maximum Gasteiger partial charge on any atom is 0.227 e. The Morgan fingerprint density at radius 2 is 1.88 bits per heavy atom. The van der Waals surface area contributed by atoms with Crippen LogP contribution in [0.15, 0.2) is 48.5 Å². The van der Waals surface area contributed by atoms with Crippen molar-refractivity contribution in [1.82, 2.24) is 20.2 Å². The minimum atomic E-state index is -0.281. The first-order valence-corrected chi connectivity index (χ1v) is 11.9. The van der Waals surface area contributed by atoms with Crippen LogP contribution in [0.1, 0.15) is 37.6 Å². The summed E-state index contributed by atoms with van der Waals surface area (Å²) in [7, 11) is 0. The van der Waals surface area contributed by atoms with Crippen molar-refractivity contribution in [1.29, 1.82) is 0 Å². The first-order chi connectivity index (χ1) is 16.1. The molecule has 2 aliphatic rings. The number of rotatable bonds is 6. The Morgan fingerprint density at radius 3 is 2.61 bits per heavy atom. The number of para-hydroxylation sites is 2. The highest BCUT2D eigenvalue weighted by Crippen LogP contribution is 2.26. The van der Waals surface area contributed by atoms with Crippen LogP contribution in [0.2, 0.25) is 0 Å². The summed E-state index contributed by atoms with van der Waals surface area (Å²) in [6, 6.07) is 16.3. The first kappa shape index (κ1) is 21.6. The second kappa shape index (κ2) is 9.35. The van der Waals surface area contributed by atoms with Crippen LogP contribution >= 0.6 is 0 Å². The van der Waals surface area contributed by atoms with Gasteiger partial charge in [-0.3, -0.25) is 14.5 Å². The van der Waals surface area contributed by atoms with Gasteiger partial charge >= 0.3 is 0 Å². The zero-order chi connectivity index (χ0) is 22.8. The number of likely N-dealkylation sites (tertiary alicyclic amines) is 1. The number of hydrogen-bond donors (Lipinski definition) is 2. The summed E-state index contributed by atoms with van der Waals surface area (Å²) in [5.74, 6) is 0.735. The van der Waals surface area contributed by atoms with Crippen molar-refractivity contribution >= 4 is 28.5 Å². The van der Waals surface area contributed by atoms with E-state index >= 15 is 0 Å². The lowest BCUT2D eigenvalue weighted by atomic mass is 10.0. The van der Waals surface area contributed by atoms with Crippen molar-refractivity contribution in [3.05, 3.63) is 59.9 Å². The normalized spacial score (nSPS) is 20.0. The van der Waals surface area contributed by atoms with Crippen LogP contribution in [0.25, 0.3) is 11.0 Å².